The fourth-order valence-electron chi connectivity index (χ4n) is 6.21. The number of hydrogen-bond donors (Lipinski definition) is 0. The summed E-state index contributed by atoms with van der Waals surface area (Å²) in [4.78, 5) is 15.5. The van der Waals surface area contributed by atoms with Crippen LogP contribution in [0, 0.1) is 0 Å². The predicted octanol–water partition coefficient (Wildman–Crippen LogP) is 6.08. The number of anilines is 3. The fraction of sp³-hybridized carbons (Fsp3) is 0. The van der Waals surface area contributed by atoms with Gasteiger partial charge in [0.25, 0.3) is 0 Å². The Hall–Kier alpha value is -4.67. The molecule has 0 saturated heterocycles. The van der Waals surface area contributed by atoms with Gasteiger partial charge in [-0.3, -0.25) is 0 Å². The molecule has 0 amide bonds. The molecule has 7 rings (SSSR count). The van der Waals surface area contributed by atoms with Crippen LogP contribution in [0.5, 0.6) is 0 Å². The van der Waals surface area contributed by atoms with Crippen LogP contribution in [0.25, 0.3) is 0 Å². The summed E-state index contributed by atoms with van der Waals surface area (Å²) in [5.41, 5.74) is 4.84. The molecule has 1 aliphatic heterocycles. The van der Waals surface area contributed by atoms with E-state index < -0.39 is 13.3 Å². The standard InChI is InChI=1S/C37H27GeNO/c40-37(28-14-4-1-5-15-28)29-24-26-32(27-25-29)39-35-22-12-10-20-33(35)38(30-16-6-2-7-17-30,31-18-8-3-9-19-31)34-21-11-13-23-36(34)39/h1-27H. The van der Waals surface area contributed by atoms with Crippen LogP contribution >= 0.6 is 0 Å². The molecule has 6 aromatic rings. The van der Waals surface area contributed by atoms with Crippen molar-refractivity contribution in [3.8, 4) is 0 Å². The summed E-state index contributed by atoms with van der Waals surface area (Å²) in [6.45, 7) is 0. The molecular formula is C37H27GeNO. The molecule has 3 heteroatoms. The summed E-state index contributed by atoms with van der Waals surface area (Å²) in [7, 11) is 0. The number of rotatable bonds is 5. The quantitative estimate of drug-likeness (QED) is 0.184. The van der Waals surface area contributed by atoms with Crippen LogP contribution in [-0.4, -0.2) is 19.0 Å². The molecule has 0 spiro atoms. The number of nitrogens with zero attached hydrogens (tertiary/aromatic N) is 1. The zero-order valence-electron chi connectivity index (χ0n) is 21.9. The molecule has 0 radical (unpaired) electrons. The third-order valence-electron chi connectivity index (χ3n) is 7.94. The van der Waals surface area contributed by atoms with Gasteiger partial charge in [-0.1, -0.05) is 0 Å². The predicted molar refractivity (Wildman–Crippen MR) is 168 cm³/mol. The van der Waals surface area contributed by atoms with Crippen LogP contribution in [0.15, 0.2) is 164 Å². The first-order valence-corrected chi connectivity index (χ1v) is 17.8. The topological polar surface area (TPSA) is 20.3 Å². The molecule has 0 aromatic heterocycles. The number of hydrogen-bond acceptors (Lipinski definition) is 2. The van der Waals surface area contributed by atoms with Crippen molar-refractivity contribution in [3.63, 3.8) is 0 Å². The van der Waals surface area contributed by atoms with Crippen molar-refractivity contribution in [2.75, 3.05) is 4.90 Å². The summed E-state index contributed by atoms with van der Waals surface area (Å²) in [6, 6.07) is 57.5. The van der Waals surface area contributed by atoms with E-state index in [1.807, 2.05) is 42.5 Å². The van der Waals surface area contributed by atoms with Crippen molar-refractivity contribution in [2.45, 2.75) is 0 Å². The SMILES string of the molecule is O=C(c1ccccc1)c1ccc(N2c3cccc[c]3[Ge]([c]3ccccc3)([c]3ccccc3)[c]3ccccc32)cc1. The first kappa shape index (κ1) is 24.4. The van der Waals surface area contributed by atoms with Gasteiger partial charge in [0.1, 0.15) is 0 Å². The molecule has 0 atom stereocenters. The maximum atomic E-state index is 13.1. The minimum absolute atomic E-state index is 0.0359. The van der Waals surface area contributed by atoms with Crippen LogP contribution in [0.3, 0.4) is 0 Å². The Kier molecular flexibility index (Phi) is 6.18. The summed E-state index contributed by atoms with van der Waals surface area (Å²) >= 11 is -3.36. The number of fused-ring (bicyclic) bond motifs is 2. The summed E-state index contributed by atoms with van der Waals surface area (Å²) in [5, 5.41) is 0. The molecule has 2 nitrogen and oxygen atoms in total. The average molecular weight is 574 g/mol. The van der Waals surface area contributed by atoms with Gasteiger partial charge in [-0.15, -0.1) is 0 Å². The maximum absolute atomic E-state index is 13.1. The molecule has 0 fully saturated rings. The Labute approximate surface area is 237 Å². The summed E-state index contributed by atoms with van der Waals surface area (Å²) in [6.07, 6.45) is 0. The normalized spacial score (nSPS) is 13.2. The Morgan fingerprint density at radius 1 is 0.425 bits per heavy atom. The van der Waals surface area contributed by atoms with E-state index in [0.717, 1.165) is 5.69 Å². The van der Waals surface area contributed by atoms with Gasteiger partial charge in [0, 0.05) is 0 Å². The second kappa shape index (κ2) is 10.1. The second-order valence-corrected chi connectivity index (χ2v) is 17.9. The molecular weight excluding hydrogens is 547 g/mol. The molecule has 6 aromatic carbocycles. The van der Waals surface area contributed by atoms with Crippen molar-refractivity contribution >= 4 is 53.7 Å². The van der Waals surface area contributed by atoms with Crippen molar-refractivity contribution in [1.29, 1.82) is 0 Å². The third kappa shape index (κ3) is 3.83. The summed E-state index contributed by atoms with van der Waals surface area (Å²) in [5.74, 6) is 0.0359. The van der Waals surface area contributed by atoms with Gasteiger partial charge in [-0.05, 0) is 0 Å². The average Bonchev–Trinajstić information content (AvgIpc) is 3.04. The molecule has 40 heavy (non-hydrogen) atoms. The molecule has 0 bridgehead atoms. The zero-order chi connectivity index (χ0) is 26.9. The van der Waals surface area contributed by atoms with Crippen LogP contribution < -0.4 is 22.5 Å². The molecule has 1 aliphatic rings. The van der Waals surface area contributed by atoms with Crippen LogP contribution in [-0.2, 0) is 0 Å². The van der Waals surface area contributed by atoms with E-state index >= 15 is 0 Å². The van der Waals surface area contributed by atoms with Gasteiger partial charge in [0.05, 0.1) is 0 Å². The number of ketones is 1. The Morgan fingerprint density at radius 3 is 1.32 bits per heavy atom. The van der Waals surface area contributed by atoms with Crippen LogP contribution in [0.4, 0.5) is 17.1 Å². The van der Waals surface area contributed by atoms with Crippen molar-refractivity contribution in [3.05, 3.63) is 175 Å². The number of carbonyl (C=O) groups is 1. The van der Waals surface area contributed by atoms with Crippen LogP contribution in [0.1, 0.15) is 15.9 Å². The monoisotopic (exact) mass is 575 g/mol. The van der Waals surface area contributed by atoms with E-state index in [1.165, 1.54) is 29.0 Å². The number of carbonyl (C=O) groups excluding carboxylic acids is 1. The van der Waals surface area contributed by atoms with E-state index in [1.54, 1.807) is 0 Å². The molecule has 0 unspecified atom stereocenters. The zero-order valence-corrected chi connectivity index (χ0v) is 24.0. The fourth-order valence-corrected chi connectivity index (χ4v) is 16.9. The minimum atomic E-state index is -3.36. The number of benzene rings is 6. The number of para-hydroxylation sites is 2. The molecule has 0 N–H and O–H groups in total. The summed E-state index contributed by atoms with van der Waals surface area (Å²) < 4.78 is 5.64. The van der Waals surface area contributed by atoms with Gasteiger partial charge in [-0.2, -0.15) is 0 Å². The van der Waals surface area contributed by atoms with Crippen LogP contribution in [0.2, 0.25) is 0 Å². The van der Waals surface area contributed by atoms with Crippen molar-refractivity contribution in [1.82, 2.24) is 0 Å². The molecule has 0 aliphatic carbocycles. The van der Waals surface area contributed by atoms with E-state index in [4.69, 9.17) is 0 Å². The Morgan fingerprint density at radius 2 is 0.825 bits per heavy atom. The molecule has 1 heterocycles. The van der Waals surface area contributed by atoms with Crippen molar-refractivity contribution in [2.24, 2.45) is 0 Å². The molecule has 0 saturated carbocycles. The van der Waals surface area contributed by atoms with E-state index in [9.17, 15) is 4.79 Å². The Bertz CT molecular complexity index is 1710. The van der Waals surface area contributed by atoms with Gasteiger partial charge >= 0.3 is 238 Å². The van der Waals surface area contributed by atoms with Gasteiger partial charge in [-0.25, -0.2) is 0 Å². The van der Waals surface area contributed by atoms with Crippen molar-refractivity contribution < 1.29 is 4.79 Å². The molecule has 190 valence electrons. The first-order chi connectivity index (χ1) is 19.8. The van der Waals surface area contributed by atoms with Gasteiger partial charge in [0.2, 0.25) is 0 Å². The third-order valence-corrected chi connectivity index (χ3v) is 18.1. The van der Waals surface area contributed by atoms with Gasteiger partial charge < -0.3 is 0 Å². The Balaban J connectivity index is 1.45. The van der Waals surface area contributed by atoms with E-state index in [2.05, 4.69) is 126 Å². The second-order valence-electron chi connectivity index (χ2n) is 10.1. The first-order valence-electron chi connectivity index (χ1n) is 13.6. The van der Waals surface area contributed by atoms with E-state index in [-0.39, 0.29) is 5.78 Å². The van der Waals surface area contributed by atoms with E-state index in [0.29, 0.717) is 11.1 Å². The van der Waals surface area contributed by atoms with Gasteiger partial charge in [0.15, 0.2) is 0 Å².